The molecule has 0 amide bonds. The fraction of sp³-hybridized carbons (Fsp3) is 0.308. The standard InChI is InChI=1S/C11H11NO2S.C2H6/c1-12-5-3-4-7-8(12)6-9(13)10(14)11(7)15-2;1-2/h3-6,14H,1-2H3;1-2H3/p+1. The Morgan fingerprint density at radius 1 is 1.24 bits per heavy atom. The maximum atomic E-state index is 9.71. The van der Waals surface area contributed by atoms with Gasteiger partial charge in [-0.25, -0.2) is 4.57 Å². The van der Waals surface area contributed by atoms with E-state index in [2.05, 4.69) is 0 Å². The first kappa shape index (κ1) is 13.6. The van der Waals surface area contributed by atoms with Crippen molar-refractivity contribution < 1.29 is 14.8 Å². The van der Waals surface area contributed by atoms with Crippen LogP contribution in [0.25, 0.3) is 10.9 Å². The highest BCUT2D eigenvalue weighted by molar-refractivity contribution is 7.99. The van der Waals surface area contributed by atoms with Crippen LogP contribution in [-0.2, 0) is 7.05 Å². The van der Waals surface area contributed by atoms with Crippen LogP contribution in [0, 0.1) is 0 Å². The molecule has 1 heterocycles. The molecule has 0 atom stereocenters. The maximum absolute atomic E-state index is 9.71. The second kappa shape index (κ2) is 5.77. The van der Waals surface area contributed by atoms with E-state index in [0.717, 1.165) is 10.9 Å². The number of pyridine rings is 1. The van der Waals surface area contributed by atoms with Crippen molar-refractivity contribution in [2.75, 3.05) is 6.26 Å². The Kier molecular flexibility index (Phi) is 4.63. The van der Waals surface area contributed by atoms with Crippen LogP contribution < -0.4 is 4.57 Å². The molecule has 0 radical (unpaired) electrons. The van der Waals surface area contributed by atoms with Gasteiger partial charge in [0.1, 0.15) is 7.05 Å². The van der Waals surface area contributed by atoms with E-state index in [-0.39, 0.29) is 11.5 Å². The molecule has 0 saturated heterocycles. The molecule has 0 aliphatic heterocycles. The lowest BCUT2D eigenvalue weighted by Gasteiger charge is -2.06. The highest BCUT2D eigenvalue weighted by atomic mass is 32.2. The van der Waals surface area contributed by atoms with Gasteiger partial charge in [-0.2, -0.15) is 0 Å². The van der Waals surface area contributed by atoms with Gasteiger partial charge >= 0.3 is 0 Å². The summed E-state index contributed by atoms with van der Waals surface area (Å²) < 4.78 is 1.91. The number of thioether (sulfide) groups is 1. The summed E-state index contributed by atoms with van der Waals surface area (Å²) in [7, 11) is 1.91. The molecule has 1 aromatic heterocycles. The van der Waals surface area contributed by atoms with Crippen molar-refractivity contribution in [3.8, 4) is 11.5 Å². The lowest BCUT2D eigenvalue weighted by atomic mass is 10.2. The number of phenols is 2. The van der Waals surface area contributed by atoms with E-state index in [9.17, 15) is 10.2 Å². The summed E-state index contributed by atoms with van der Waals surface area (Å²) in [5.41, 5.74) is 0.900. The molecule has 2 aromatic rings. The predicted octanol–water partition coefficient (Wildman–Crippen LogP) is 2.82. The van der Waals surface area contributed by atoms with Crippen molar-refractivity contribution in [1.82, 2.24) is 0 Å². The number of aromatic hydroxyl groups is 2. The lowest BCUT2D eigenvalue weighted by molar-refractivity contribution is -0.644. The third kappa shape index (κ3) is 2.47. The highest BCUT2D eigenvalue weighted by Crippen LogP contribution is 2.39. The Balaban J connectivity index is 0.000000686. The molecule has 0 fully saturated rings. The predicted molar refractivity (Wildman–Crippen MR) is 71.6 cm³/mol. The molecule has 3 nitrogen and oxygen atoms in total. The van der Waals surface area contributed by atoms with E-state index in [4.69, 9.17) is 0 Å². The van der Waals surface area contributed by atoms with Crippen LogP contribution in [0.2, 0.25) is 0 Å². The SMILES string of the molecule is CC.CSc1c(O)c(O)cc2c1ccc[n+]2C. The van der Waals surface area contributed by atoms with Crippen molar-refractivity contribution in [2.24, 2.45) is 7.05 Å². The fourth-order valence-corrected chi connectivity index (χ4v) is 2.33. The van der Waals surface area contributed by atoms with E-state index >= 15 is 0 Å². The van der Waals surface area contributed by atoms with Crippen molar-refractivity contribution >= 4 is 22.7 Å². The Labute approximate surface area is 106 Å². The minimum Gasteiger partial charge on any atom is -0.504 e. The van der Waals surface area contributed by atoms with Gasteiger partial charge in [0, 0.05) is 6.07 Å². The van der Waals surface area contributed by atoms with Gasteiger partial charge in [0.2, 0.25) is 5.52 Å². The summed E-state index contributed by atoms with van der Waals surface area (Å²) in [6, 6.07) is 5.42. The second-order valence-electron chi connectivity index (χ2n) is 3.33. The summed E-state index contributed by atoms with van der Waals surface area (Å²) in [5.74, 6) is -0.116. The number of benzene rings is 1. The van der Waals surface area contributed by atoms with Crippen LogP contribution in [0.15, 0.2) is 29.3 Å². The molecule has 4 heteroatoms. The molecule has 0 spiro atoms. The minimum atomic E-state index is -0.0753. The molecule has 2 rings (SSSR count). The van der Waals surface area contributed by atoms with E-state index in [0.29, 0.717) is 4.90 Å². The number of fused-ring (bicyclic) bond motifs is 1. The lowest BCUT2D eigenvalue weighted by Crippen LogP contribution is -2.27. The molecule has 17 heavy (non-hydrogen) atoms. The van der Waals surface area contributed by atoms with Crippen molar-refractivity contribution in [1.29, 1.82) is 0 Å². The zero-order valence-electron chi connectivity index (χ0n) is 10.6. The van der Waals surface area contributed by atoms with Crippen molar-refractivity contribution in [3.63, 3.8) is 0 Å². The molecule has 0 unspecified atom stereocenters. The van der Waals surface area contributed by atoms with Gasteiger partial charge in [-0.3, -0.25) is 0 Å². The Morgan fingerprint density at radius 3 is 2.47 bits per heavy atom. The normalized spacial score (nSPS) is 9.88. The minimum absolute atomic E-state index is 0.0406. The van der Waals surface area contributed by atoms with Crippen molar-refractivity contribution in [2.45, 2.75) is 18.7 Å². The number of hydrogen-bond donors (Lipinski definition) is 2. The number of phenolic OH excluding ortho intramolecular Hbond substituents is 2. The van der Waals surface area contributed by atoms with Crippen LogP contribution >= 0.6 is 11.8 Å². The zero-order valence-corrected chi connectivity index (χ0v) is 11.4. The quantitative estimate of drug-likeness (QED) is 0.466. The first-order valence-electron chi connectivity index (χ1n) is 5.52. The summed E-state index contributed by atoms with van der Waals surface area (Å²) in [4.78, 5) is 0.709. The molecule has 1 aromatic carbocycles. The third-order valence-electron chi connectivity index (χ3n) is 2.41. The molecule has 0 bridgehead atoms. The first-order chi connectivity index (χ1) is 8.15. The van der Waals surface area contributed by atoms with Gasteiger partial charge in [-0.15, -0.1) is 11.8 Å². The number of aryl methyl sites for hydroxylation is 1. The zero-order chi connectivity index (χ0) is 13.0. The number of nitrogens with zero attached hydrogens (tertiary/aromatic N) is 1. The van der Waals surface area contributed by atoms with Crippen LogP contribution in [0.5, 0.6) is 11.5 Å². The highest BCUT2D eigenvalue weighted by Gasteiger charge is 2.16. The van der Waals surface area contributed by atoms with Gasteiger partial charge in [0.05, 0.1) is 16.3 Å². The smallest absolute Gasteiger partial charge is 0.217 e. The van der Waals surface area contributed by atoms with Gasteiger partial charge in [-0.1, -0.05) is 13.8 Å². The molecule has 0 aliphatic carbocycles. The molecule has 0 aliphatic rings. The van der Waals surface area contributed by atoms with Crippen molar-refractivity contribution in [3.05, 3.63) is 24.4 Å². The maximum Gasteiger partial charge on any atom is 0.217 e. The summed E-state index contributed by atoms with van der Waals surface area (Å²) in [6.07, 6.45) is 3.78. The second-order valence-corrected chi connectivity index (χ2v) is 4.15. The molecular weight excluding hydrogens is 234 g/mol. The van der Waals surface area contributed by atoms with Crippen LogP contribution in [0.4, 0.5) is 0 Å². The Morgan fingerprint density at radius 2 is 1.88 bits per heavy atom. The average Bonchev–Trinajstić information content (AvgIpc) is 2.35. The third-order valence-corrected chi connectivity index (χ3v) is 3.23. The van der Waals surface area contributed by atoms with Gasteiger partial charge in [0.25, 0.3) is 0 Å². The van der Waals surface area contributed by atoms with Crippen LogP contribution in [0.3, 0.4) is 0 Å². The monoisotopic (exact) mass is 252 g/mol. The number of rotatable bonds is 1. The number of hydrogen-bond acceptors (Lipinski definition) is 3. The van der Waals surface area contributed by atoms with E-state index in [1.807, 2.05) is 50.0 Å². The summed E-state index contributed by atoms with van der Waals surface area (Å²) >= 11 is 1.42. The largest absolute Gasteiger partial charge is 0.504 e. The Bertz CT molecular complexity index is 526. The van der Waals surface area contributed by atoms with Gasteiger partial charge in [0.15, 0.2) is 17.7 Å². The van der Waals surface area contributed by atoms with E-state index in [1.165, 1.54) is 11.8 Å². The Hall–Kier alpha value is -1.42. The first-order valence-corrected chi connectivity index (χ1v) is 6.75. The van der Waals surface area contributed by atoms with Crippen LogP contribution in [0.1, 0.15) is 13.8 Å². The average molecular weight is 252 g/mol. The van der Waals surface area contributed by atoms with Crippen LogP contribution in [-0.4, -0.2) is 16.5 Å². The van der Waals surface area contributed by atoms with E-state index < -0.39 is 0 Å². The molecular formula is C13H18NO2S+. The number of aromatic nitrogens is 1. The topological polar surface area (TPSA) is 44.3 Å². The van der Waals surface area contributed by atoms with Gasteiger partial charge < -0.3 is 10.2 Å². The molecule has 0 saturated carbocycles. The molecule has 2 N–H and O–H groups in total. The fourth-order valence-electron chi connectivity index (χ4n) is 1.64. The molecule has 92 valence electrons. The summed E-state index contributed by atoms with van der Waals surface area (Å²) in [6.45, 7) is 4.00. The summed E-state index contributed by atoms with van der Waals surface area (Å²) in [5, 5.41) is 20.2. The van der Waals surface area contributed by atoms with Gasteiger partial charge in [-0.05, 0) is 12.3 Å². The van der Waals surface area contributed by atoms with E-state index in [1.54, 1.807) is 6.07 Å².